The van der Waals surface area contributed by atoms with Crippen LogP contribution in [0.1, 0.15) is 36.0 Å². The molecule has 228 valence electrons. The molecule has 0 aliphatic rings. The predicted molar refractivity (Wildman–Crippen MR) is 181 cm³/mol. The molecule has 12 heteroatoms. The number of hydrogen-bond donors (Lipinski definition) is 3. The predicted octanol–water partition coefficient (Wildman–Crippen LogP) is 7.67. The van der Waals surface area contributed by atoms with Crippen LogP contribution in [-0.4, -0.2) is 39.8 Å². The average molecular weight is 647 g/mol. The van der Waals surface area contributed by atoms with E-state index in [1.165, 1.54) is 30.8 Å². The van der Waals surface area contributed by atoms with E-state index in [1.54, 1.807) is 72.1 Å². The Morgan fingerprint density at radius 1 is 0.804 bits per heavy atom. The molecule has 0 aliphatic heterocycles. The van der Waals surface area contributed by atoms with Crippen molar-refractivity contribution < 1.29 is 19.1 Å². The molecule has 4 aromatic heterocycles. The summed E-state index contributed by atoms with van der Waals surface area (Å²) in [4.78, 5) is 53.6. The van der Waals surface area contributed by atoms with E-state index in [4.69, 9.17) is 4.74 Å². The van der Waals surface area contributed by atoms with Crippen LogP contribution < -0.4 is 16.0 Å². The van der Waals surface area contributed by atoms with Gasteiger partial charge < -0.3 is 20.7 Å². The SMILES string of the molecule is COC(=O)c1ccc(-c2ccnc(Nc3cc(NC(=O)c4cncc(NC(=O)c5ccc(-c6cccs6)s5)c4)ccc3C)n2)cc1. The fourth-order valence-corrected chi connectivity index (χ4v) is 6.20. The van der Waals surface area contributed by atoms with Crippen molar-refractivity contribution >= 4 is 63.5 Å². The Morgan fingerprint density at radius 2 is 1.63 bits per heavy atom. The van der Waals surface area contributed by atoms with E-state index in [-0.39, 0.29) is 17.4 Å². The quantitative estimate of drug-likeness (QED) is 0.136. The second-order valence-corrected chi connectivity index (χ2v) is 12.0. The number of hydrogen-bond acceptors (Lipinski definition) is 10. The third-order valence-corrected chi connectivity index (χ3v) is 9.00. The molecule has 4 heterocycles. The summed E-state index contributed by atoms with van der Waals surface area (Å²) in [5.41, 5.74) is 4.77. The Bertz CT molecular complexity index is 2040. The number of benzene rings is 2. The molecule has 0 atom stereocenters. The molecule has 3 N–H and O–H groups in total. The van der Waals surface area contributed by atoms with Gasteiger partial charge in [-0.3, -0.25) is 14.6 Å². The number of anilines is 4. The number of nitrogens with zero attached hydrogens (tertiary/aromatic N) is 3. The number of pyridine rings is 1. The van der Waals surface area contributed by atoms with Crippen molar-refractivity contribution in [3.8, 4) is 21.0 Å². The highest BCUT2D eigenvalue weighted by Crippen LogP contribution is 2.32. The van der Waals surface area contributed by atoms with E-state index in [0.29, 0.717) is 39.1 Å². The molecule has 0 saturated carbocycles. The van der Waals surface area contributed by atoms with E-state index in [2.05, 4.69) is 30.9 Å². The maximum absolute atomic E-state index is 13.2. The molecule has 2 aromatic carbocycles. The highest BCUT2D eigenvalue weighted by Gasteiger charge is 2.14. The van der Waals surface area contributed by atoms with Crippen molar-refractivity contribution in [2.24, 2.45) is 0 Å². The normalized spacial score (nSPS) is 10.7. The van der Waals surface area contributed by atoms with Crippen LogP contribution in [0, 0.1) is 6.92 Å². The lowest BCUT2D eigenvalue weighted by atomic mass is 10.1. The van der Waals surface area contributed by atoms with Gasteiger partial charge in [0.1, 0.15) is 0 Å². The van der Waals surface area contributed by atoms with E-state index < -0.39 is 5.97 Å². The first-order chi connectivity index (χ1) is 22.4. The van der Waals surface area contributed by atoms with Crippen molar-refractivity contribution in [3.05, 3.63) is 124 Å². The summed E-state index contributed by atoms with van der Waals surface area (Å²) in [6.07, 6.45) is 4.58. The summed E-state index contributed by atoms with van der Waals surface area (Å²) in [5.74, 6) is -0.705. The van der Waals surface area contributed by atoms with Gasteiger partial charge in [-0.05, 0) is 72.5 Å². The van der Waals surface area contributed by atoms with Crippen LogP contribution in [0.25, 0.3) is 21.0 Å². The van der Waals surface area contributed by atoms with E-state index in [1.807, 2.05) is 36.6 Å². The zero-order chi connectivity index (χ0) is 32.0. The first kappa shape index (κ1) is 30.3. The van der Waals surface area contributed by atoms with E-state index >= 15 is 0 Å². The van der Waals surface area contributed by atoms with E-state index in [0.717, 1.165) is 20.9 Å². The maximum atomic E-state index is 13.2. The molecule has 10 nitrogen and oxygen atoms in total. The molecule has 0 bridgehead atoms. The number of ether oxygens (including phenoxy) is 1. The number of esters is 1. The van der Waals surface area contributed by atoms with Crippen molar-refractivity contribution in [2.75, 3.05) is 23.1 Å². The molecule has 0 unspecified atom stereocenters. The van der Waals surface area contributed by atoms with Gasteiger partial charge in [-0.25, -0.2) is 14.8 Å². The van der Waals surface area contributed by atoms with Gasteiger partial charge in [0, 0.05) is 39.1 Å². The topological polar surface area (TPSA) is 135 Å². The van der Waals surface area contributed by atoms with Crippen LogP contribution in [0.2, 0.25) is 0 Å². The Morgan fingerprint density at radius 3 is 2.41 bits per heavy atom. The molecular formula is C34H26N6O4S2. The van der Waals surface area contributed by atoms with Gasteiger partial charge in [0.15, 0.2) is 0 Å². The van der Waals surface area contributed by atoms with Crippen molar-refractivity contribution in [3.63, 3.8) is 0 Å². The fraction of sp³-hybridized carbons (Fsp3) is 0.0588. The summed E-state index contributed by atoms with van der Waals surface area (Å²) in [5, 5.41) is 10.9. The van der Waals surface area contributed by atoms with Crippen LogP contribution in [-0.2, 0) is 4.74 Å². The number of rotatable bonds is 9. The van der Waals surface area contributed by atoms with Gasteiger partial charge >= 0.3 is 5.97 Å². The molecule has 6 rings (SSSR count). The lowest BCUT2D eigenvalue weighted by molar-refractivity contribution is 0.0600. The summed E-state index contributed by atoms with van der Waals surface area (Å²) in [7, 11) is 1.34. The number of carbonyl (C=O) groups excluding carboxylic acids is 3. The molecular weight excluding hydrogens is 621 g/mol. The zero-order valence-electron chi connectivity index (χ0n) is 24.6. The third kappa shape index (κ3) is 6.98. The minimum absolute atomic E-state index is 0.272. The molecule has 0 spiro atoms. The minimum atomic E-state index is -0.410. The van der Waals surface area contributed by atoms with Gasteiger partial charge in [0.2, 0.25) is 5.95 Å². The monoisotopic (exact) mass is 646 g/mol. The summed E-state index contributed by atoms with van der Waals surface area (Å²) in [6.45, 7) is 1.93. The number of methoxy groups -OCH3 is 1. The first-order valence-corrected chi connectivity index (χ1v) is 15.7. The van der Waals surface area contributed by atoms with Gasteiger partial charge in [0.25, 0.3) is 11.8 Å². The third-order valence-electron chi connectivity index (χ3n) is 6.85. The standard InChI is InChI=1S/C34H26N6O4S2/c1-20-5-10-24(17-27(20)40-34-36-14-13-26(39-34)21-6-8-22(9-7-21)33(43)44-2)37-31(41)23-16-25(19-35-18-23)38-32(42)30-12-11-29(46-30)28-4-3-15-45-28/h3-19H,1-2H3,(H,37,41)(H,38,42)(H,36,39,40). The Labute approximate surface area is 272 Å². The molecule has 0 fully saturated rings. The molecule has 2 amide bonds. The zero-order valence-corrected chi connectivity index (χ0v) is 26.2. The van der Waals surface area contributed by atoms with Crippen LogP contribution in [0.4, 0.5) is 23.0 Å². The fourth-order valence-electron chi connectivity index (χ4n) is 4.47. The Kier molecular flexibility index (Phi) is 8.90. The molecule has 0 saturated heterocycles. The molecule has 6 aromatic rings. The molecule has 0 radical (unpaired) electrons. The van der Waals surface area contributed by atoms with Crippen molar-refractivity contribution in [1.29, 1.82) is 0 Å². The van der Waals surface area contributed by atoms with Gasteiger partial charge in [-0.15, -0.1) is 22.7 Å². The summed E-state index contributed by atoms with van der Waals surface area (Å²) < 4.78 is 4.76. The largest absolute Gasteiger partial charge is 0.465 e. The minimum Gasteiger partial charge on any atom is -0.465 e. The first-order valence-electron chi connectivity index (χ1n) is 14.0. The maximum Gasteiger partial charge on any atom is 0.337 e. The van der Waals surface area contributed by atoms with Crippen LogP contribution >= 0.6 is 22.7 Å². The second-order valence-electron chi connectivity index (χ2n) is 10.0. The van der Waals surface area contributed by atoms with Crippen LogP contribution in [0.3, 0.4) is 0 Å². The lowest BCUT2D eigenvalue weighted by Gasteiger charge is -2.12. The van der Waals surface area contributed by atoms with Gasteiger partial charge in [0.05, 0.1) is 40.7 Å². The molecule has 46 heavy (non-hydrogen) atoms. The van der Waals surface area contributed by atoms with Crippen molar-refractivity contribution in [1.82, 2.24) is 15.0 Å². The number of aryl methyl sites for hydroxylation is 1. The second kappa shape index (κ2) is 13.5. The van der Waals surface area contributed by atoms with Gasteiger partial charge in [-0.1, -0.05) is 24.3 Å². The number of amides is 2. The van der Waals surface area contributed by atoms with Crippen molar-refractivity contribution in [2.45, 2.75) is 6.92 Å². The highest BCUT2D eigenvalue weighted by atomic mass is 32.1. The smallest absolute Gasteiger partial charge is 0.337 e. The van der Waals surface area contributed by atoms with Crippen LogP contribution in [0.15, 0.2) is 103 Å². The van der Waals surface area contributed by atoms with Crippen LogP contribution in [0.5, 0.6) is 0 Å². The van der Waals surface area contributed by atoms with Gasteiger partial charge in [-0.2, -0.15) is 0 Å². The number of aromatic nitrogens is 3. The highest BCUT2D eigenvalue weighted by molar-refractivity contribution is 7.22. The Hall–Kier alpha value is -5.72. The summed E-state index contributed by atoms with van der Waals surface area (Å²) in [6, 6.07) is 23.4. The number of carbonyl (C=O) groups is 3. The molecule has 0 aliphatic carbocycles. The lowest BCUT2D eigenvalue weighted by Crippen LogP contribution is -2.15. The number of nitrogens with one attached hydrogen (secondary N) is 3. The Balaban J connectivity index is 1.12. The number of thiophene rings is 2. The summed E-state index contributed by atoms with van der Waals surface area (Å²) >= 11 is 3.02. The average Bonchev–Trinajstić information content (AvgIpc) is 3.80. The van der Waals surface area contributed by atoms with E-state index in [9.17, 15) is 14.4 Å².